The molecule has 0 atom stereocenters. The van der Waals surface area contributed by atoms with Crippen molar-refractivity contribution >= 4 is 11.6 Å². The second kappa shape index (κ2) is 5.46. The number of aliphatic hydroxyl groups is 1. The normalized spacial score (nSPS) is 10.1. The van der Waals surface area contributed by atoms with Crippen molar-refractivity contribution in [1.82, 2.24) is 4.98 Å². The summed E-state index contributed by atoms with van der Waals surface area (Å²) in [5, 5.41) is 8.87. The molecule has 1 aromatic rings. The number of ketones is 1. The second-order valence-electron chi connectivity index (χ2n) is 3.26. The zero-order chi connectivity index (χ0) is 11.3. The van der Waals surface area contributed by atoms with Crippen molar-refractivity contribution in [3.8, 4) is 0 Å². The SMILES string of the molecule is CCN(CCO)c1cc(C(C)=O)ccn1. The standard InChI is InChI=1S/C11H16N2O2/c1-3-13(6-7-14)11-8-10(9(2)15)4-5-12-11/h4-5,8,14H,3,6-7H2,1-2H3. The zero-order valence-electron chi connectivity index (χ0n) is 9.10. The Morgan fingerprint density at radius 2 is 2.33 bits per heavy atom. The highest BCUT2D eigenvalue weighted by Crippen LogP contribution is 2.12. The van der Waals surface area contributed by atoms with Crippen LogP contribution in [0.15, 0.2) is 18.3 Å². The summed E-state index contributed by atoms with van der Waals surface area (Å²) in [5.41, 5.74) is 0.649. The Hall–Kier alpha value is -1.42. The van der Waals surface area contributed by atoms with E-state index in [1.165, 1.54) is 6.92 Å². The average Bonchev–Trinajstić information content (AvgIpc) is 2.26. The number of aromatic nitrogens is 1. The van der Waals surface area contributed by atoms with Crippen LogP contribution in [0.2, 0.25) is 0 Å². The molecule has 0 bridgehead atoms. The summed E-state index contributed by atoms with van der Waals surface area (Å²) in [6.45, 7) is 4.89. The summed E-state index contributed by atoms with van der Waals surface area (Å²) >= 11 is 0. The van der Waals surface area contributed by atoms with Crippen LogP contribution < -0.4 is 4.90 Å². The molecule has 0 aliphatic rings. The summed E-state index contributed by atoms with van der Waals surface area (Å²) in [6, 6.07) is 3.44. The Kier molecular flexibility index (Phi) is 4.24. The monoisotopic (exact) mass is 208 g/mol. The lowest BCUT2D eigenvalue weighted by molar-refractivity contribution is 0.101. The molecule has 82 valence electrons. The number of anilines is 1. The lowest BCUT2D eigenvalue weighted by Gasteiger charge is -2.20. The molecule has 0 aliphatic heterocycles. The van der Waals surface area contributed by atoms with Crippen LogP contribution in [0.25, 0.3) is 0 Å². The third kappa shape index (κ3) is 3.02. The number of pyridine rings is 1. The van der Waals surface area contributed by atoms with E-state index in [1.807, 2.05) is 11.8 Å². The molecule has 1 heterocycles. The summed E-state index contributed by atoms with van der Waals surface area (Å²) in [5.74, 6) is 0.762. The van der Waals surface area contributed by atoms with E-state index in [4.69, 9.17) is 5.11 Å². The van der Waals surface area contributed by atoms with Crippen LogP contribution in [0.4, 0.5) is 5.82 Å². The molecule has 4 nitrogen and oxygen atoms in total. The van der Waals surface area contributed by atoms with E-state index < -0.39 is 0 Å². The Labute approximate surface area is 89.6 Å². The topological polar surface area (TPSA) is 53.4 Å². The predicted octanol–water partition coefficient (Wildman–Crippen LogP) is 1.10. The van der Waals surface area contributed by atoms with Crippen molar-refractivity contribution < 1.29 is 9.90 Å². The highest BCUT2D eigenvalue weighted by molar-refractivity contribution is 5.94. The molecular formula is C11H16N2O2. The third-order valence-electron chi connectivity index (χ3n) is 2.23. The van der Waals surface area contributed by atoms with Crippen LogP contribution in [0, 0.1) is 0 Å². The number of Topliss-reactive ketones (excluding diaryl/α,β-unsaturated/α-hetero) is 1. The van der Waals surface area contributed by atoms with E-state index in [9.17, 15) is 4.79 Å². The summed E-state index contributed by atoms with van der Waals surface area (Å²) < 4.78 is 0. The van der Waals surface area contributed by atoms with Gasteiger partial charge >= 0.3 is 0 Å². The number of nitrogens with zero attached hydrogens (tertiary/aromatic N) is 2. The van der Waals surface area contributed by atoms with Gasteiger partial charge in [-0.05, 0) is 26.0 Å². The largest absolute Gasteiger partial charge is 0.395 e. The average molecular weight is 208 g/mol. The Balaban J connectivity index is 2.92. The van der Waals surface area contributed by atoms with Crippen LogP contribution in [-0.4, -0.2) is 35.6 Å². The highest BCUT2D eigenvalue weighted by atomic mass is 16.3. The molecule has 0 aromatic carbocycles. The highest BCUT2D eigenvalue weighted by Gasteiger charge is 2.07. The fourth-order valence-electron chi connectivity index (χ4n) is 1.37. The second-order valence-corrected chi connectivity index (χ2v) is 3.26. The smallest absolute Gasteiger partial charge is 0.159 e. The molecule has 4 heteroatoms. The minimum absolute atomic E-state index is 0.0266. The first-order chi connectivity index (χ1) is 7.19. The molecule has 0 amide bonds. The first-order valence-electron chi connectivity index (χ1n) is 5.01. The fourth-order valence-corrected chi connectivity index (χ4v) is 1.37. The van der Waals surface area contributed by atoms with E-state index >= 15 is 0 Å². The molecule has 1 N–H and O–H groups in total. The molecule has 15 heavy (non-hydrogen) atoms. The van der Waals surface area contributed by atoms with Crippen molar-refractivity contribution in [2.75, 3.05) is 24.6 Å². The van der Waals surface area contributed by atoms with Gasteiger partial charge in [0.15, 0.2) is 5.78 Å². The van der Waals surface area contributed by atoms with Crippen molar-refractivity contribution in [1.29, 1.82) is 0 Å². The van der Waals surface area contributed by atoms with E-state index in [-0.39, 0.29) is 12.4 Å². The minimum atomic E-state index is 0.0266. The Morgan fingerprint density at radius 3 is 2.87 bits per heavy atom. The summed E-state index contributed by atoms with van der Waals surface area (Å²) in [7, 11) is 0. The fraction of sp³-hybridized carbons (Fsp3) is 0.455. The molecule has 0 saturated heterocycles. The molecule has 0 unspecified atom stereocenters. The zero-order valence-corrected chi connectivity index (χ0v) is 9.10. The van der Waals surface area contributed by atoms with E-state index in [1.54, 1.807) is 18.3 Å². The van der Waals surface area contributed by atoms with Gasteiger partial charge in [0, 0.05) is 24.8 Å². The number of aliphatic hydroxyl groups excluding tert-OH is 1. The quantitative estimate of drug-likeness (QED) is 0.736. The molecule has 1 aromatic heterocycles. The van der Waals surface area contributed by atoms with E-state index in [0.717, 1.165) is 12.4 Å². The maximum atomic E-state index is 11.2. The number of hydrogen-bond acceptors (Lipinski definition) is 4. The van der Waals surface area contributed by atoms with Gasteiger partial charge in [-0.1, -0.05) is 0 Å². The molecule has 0 saturated carbocycles. The van der Waals surface area contributed by atoms with Crippen LogP contribution in [0.5, 0.6) is 0 Å². The molecular weight excluding hydrogens is 192 g/mol. The van der Waals surface area contributed by atoms with Crippen molar-refractivity contribution in [3.63, 3.8) is 0 Å². The summed E-state index contributed by atoms with van der Waals surface area (Å²) in [4.78, 5) is 17.3. The molecule has 1 rings (SSSR count). The molecule has 0 spiro atoms. The van der Waals surface area contributed by atoms with Gasteiger partial charge < -0.3 is 10.0 Å². The van der Waals surface area contributed by atoms with Gasteiger partial charge in [0.2, 0.25) is 0 Å². The van der Waals surface area contributed by atoms with Crippen LogP contribution in [-0.2, 0) is 0 Å². The first-order valence-corrected chi connectivity index (χ1v) is 5.01. The van der Waals surface area contributed by atoms with Gasteiger partial charge in [0.05, 0.1) is 6.61 Å². The first kappa shape index (κ1) is 11.7. The Bertz CT molecular complexity index is 339. The maximum Gasteiger partial charge on any atom is 0.159 e. The molecule has 0 aliphatic carbocycles. The number of likely N-dealkylation sites (N-methyl/N-ethyl adjacent to an activating group) is 1. The number of carbonyl (C=O) groups excluding carboxylic acids is 1. The van der Waals surface area contributed by atoms with E-state index in [2.05, 4.69) is 4.98 Å². The minimum Gasteiger partial charge on any atom is -0.395 e. The van der Waals surface area contributed by atoms with Crippen LogP contribution >= 0.6 is 0 Å². The predicted molar refractivity (Wildman–Crippen MR) is 59.2 cm³/mol. The van der Waals surface area contributed by atoms with Crippen molar-refractivity contribution in [3.05, 3.63) is 23.9 Å². The van der Waals surface area contributed by atoms with Gasteiger partial charge in [0.25, 0.3) is 0 Å². The number of carbonyl (C=O) groups is 1. The van der Waals surface area contributed by atoms with Crippen molar-refractivity contribution in [2.45, 2.75) is 13.8 Å². The number of hydrogen-bond donors (Lipinski definition) is 1. The van der Waals surface area contributed by atoms with E-state index in [0.29, 0.717) is 12.1 Å². The third-order valence-corrected chi connectivity index (χ3v) is 2.23. The lowest BCUT2D eigenvalue weighted by atomic mass is 10.2. The van der Waals surface area contributed by atoms with Crippen molar-refractivity contribution in [2.24, 2.45) is 0 Å². The van der Waals surface area contributed by atoms with Crippen LogP contribution in [0.3, 0.4) is 0 Å². The molecule has 0 fully saturated rings. The van der Waals surface area contributed by atoms with Gasteiger partial charge in [-0.15, -0.1) is 0 Å². The van der Waals surface area contributed by atoms with Gasteiger partial charge in [-0.2, -0.15) is 0 Å². The van der Waals surface area contributed by atoms with Crippen LogP contribution in [0.1, 0.15) is 24.2 Å². The number of rotatable bonds is 5. The van der Waals surface area contributed by atoms with Gasteiger partial charge in [-0.3, -0.25) is 4.79 Å². The summed E-state index contributed by atoms with van der Waals surface area (Å²) in [6.07, 6.45) is 1.62. The van der Waals surface area contributed by atoms with Gasteiger partial charge in [0.1, 0.15) is 5.82 Å². The lowest BCUT2D eigenvalue weighted by Crippen LogP contribution is -2.27. The Morgan fingerprint density at radius 1 is 1.60 bits per heavy atom. The maximum absolute atomic E-state index is 11.2. The molecule has 0 radical (unpaired) electrons. The van der Waals surface area contributed by atoms with Gasteiger partial charge in [-0.25, -0.2) is 4.98 Å².